The molecule has 1 aliphatic rings. The standard InChI is InChI=1S/C6H12O5/c1-6(10)5(9)4(8)3(7)2-11-6/h3-5,7-10H,2H2,1H3/t3-,4-,5?,6+/m0/s1. The van der Waals surface area contributed by atoms with E-state index in [9.17, 15) is 5.11 Å². The van der Waals surface area contributed by atoms with E-state index in [1.807, 2.05) is 0 Å². The van der Waals surface area contributed by atoms with Crippen LogP contribution in [0.15, 0.2) is 0 Å². The van der Waals surface area contributed by atoms with Crippen molar-refractivity contribution in [2.24, 2.45) is 0 Å². The Balaban J connectivity index is 2.67. The second kappa shape index (κ2) is 2.69. The molecule has 0 aliphatic carbocycles. The SMILES string of the molecule is C[C@@]1(O)OC[C@H](O)[C@H](O)C1O. The number of rotatable bonds is 0. The van der Waals surface area contributed by atoms with E-state index < -0.39 is 24.1 Å². The van der Waals surface area contributed by atoms with Crippen molar-refractivity contribution in [1.29, 1.82) is 0 Å². The van der Waals surface area contributed by atoms with Crippen molar-refractivity contribution in [1.82, 2.24) is 0 Å². The summed E-state index contributed by atoms with van der Waals surface area (Å²) in [6, 6.07) is 0. The summed E-state index contributed by atoms with van der Waals surface area (Å²) in [6.07, 6.45) is -3.95. The van der Waals surface area contributed by atoms with Crippen LogP contribution in [-0.2, 0) is 4.74 Å². The number of hydrogen-bond acceptors (Lipinski definition) is 5. The molecule has 4 N–H and O–H groups in total. The molecule has 1 saturated heterocycles. The third-order valence-electron chi connectivity index (χ3n) is 1.81. The van der Waals surface area contributed by atoms with Gasteiger partial charge in [0.1, 0.15) is 18.3 Å². The van der Waals surface area contributed by atoms with Gasteiger partial charge >= 0.3 is 0 Å². The van der Waals surface area contributed by atoms with Gasteiger partial charge in [-0.3, -0.25) is 0 Å². The van der Waals surface area contributed by atoms with Crippen LogP contribution < -0.4 is 0 Å². The molecule has 0 aromatic rings. The predicted octanol–water partition coefficient (Wildman–Crippen LogP) is -2.19. The number of hydrogen-bond donors (Lipinski definition) is 4. The fourth-order valence-corrected chi connectivity index (χ4v) is 0.965. The quantitative estimate of drug-likeness (QED) is 0.326. The lowest BCUT2D eigenvalue weighted by Crippen LogP contribution is -2.59. The summed E-state index contributed by atoms with van der Waals surface area (Å²) in [5.41, 5.74) is 0. The molecule has 0 amide bonds. The van der Waals surface area contributed by atoms with Gasteiger partial charge < -0.3 is 25.2 Å². The highest BCUT2D eigenvalue weighted by Gasteiger charge is 2.44. The van der Waals surface area contributed by atoms with Crippen molar-refractivity contribution >= 4 is 0 Å². The minimum atomic E-state index is -1.77. The van der Waals surface area contributed by atoms with Crippen LogP contribution in [0.4, 0.5) is 0 Å². The van der Waals surface area contributed by atoms with Gasteiger partial charge in [-0.25, -0.2) is 0 Å². The Kier molecular flexibility index (Phi) is 2.17. The highest BCUT2D eigenvalue weighted by atomic mass is 16.6. The Hall–Kier alpha value is -0.200. The molecule has 0 radical (unpaired) electrons. The molecule has 1 fully saturated rings. The van der Waals surface area contributed by atoms with Crippen molar-refractivity contribution in [3.05, 3.63) is 0 Å². The zero-order chi connectivity index (χ0) is 8.65. The van der Waals surface area contributed by atoms with Gasteiger partial charge in [0, 0.05) is 0 Å². The second-order valence-electron chi connectivity index (χ2n) is 2.87. The molecule has 1 unspecified atom stereocenters. The molecule has 0 aromatic heterocycles. The first-order valence-electron chi connectivity index (χ1n) is 3.35. The van der Waals surface area contributed by atoms with Crippen molar-refractivity contribution in [2.45, 2.75) is 31.0 Å². The van der Waals surface area contributed by atoms with Crippen molar-refractivity contribution in [3.63, 3.8) is 0 Å². The van der Waals surface area contributed by atoms with E-state index in [0.717, 1.165) is 0 Å². The molecule has 0 bridgehead atoms. The van der Waals surface area contributed by atoms with Gasteiger partial charge in [0.05, 0.1) is 6.61 Å². The van der Waals surface area contributed by atoms with Crippen molar-refractivity contribution in [3.8, 4) is 0 Å². The van der Waals surface area contributed by atoms with E-state index in [2.05, 4.69) is 4.74 Å². The summed E-state index contributed by atoms with van der Waals surface area (Å²) in [5.74, 6) is -1.77. The van der Waals surface area contributed by atoms with Gasteiger partial charge in [-0.05, 0) is 6.92 Å². The zero-order valence-electron chi connectivity index (χ0n) is 6.14. The fourth-order valence-electron chi connectivity index (χ4n) is 0.965. The van der Waals surface area contributed by atoms with Gasteiger partial charge in [0.25, 0.3) is 0 Å². The Morgan fingerprint density at radius 2 is 1.91 bits per heavy atom. The predicted molar refractivity (Wildman–Crippen MR) is 34.6 cm³/mol. The van der Waals surface area contributed by atoms with Gasteiger partial charge in [-0.15, -0.1) is 0 Å². The smallest absolute Gasteiger partial charge is 0.191 e. The fraction of sp³-hybridized carbons (Fsp3) is 1.00. The maximum Gasteiger partial charge on any atom is 0.191 e. The van der Waals surface area contributed by atoms with Crippen LogP contribution in [0.5, 0.6) is 0 Å². The Morgan fingerprint density at radius 3 is 2.36 bits per heavy atom. The highest BCUT2D eigenvalue weighted by molar-refractivity contribution is 4.88. The van der Waals surface area contributed by atoms with Crippen LogP contribution in [0.3, 0.4) is 0 Å². The van der Waals surface area contributed by atoms with Crippen LogP contribution in [0.1, 0.15) is 6.92 Å². The van der Waals surface area contributed by atoms with Crippen LogP contribution in [-0.4, -0.2) is 51.1 Å². The first kappa shape index (κ1) is 8.89. The summed E-state index contributed by atoms with van der Waals surface area (Å²) in [7, 11) is 0. The van der Waals surface area contributed by atoms with Gasteiger partial charge in [-0.1, -0.05) is 0 Å². The summed E-state index contributed by atoms with van der Waals surface area (Å²) < 4.78 is 4.66. The molecular weight excluding hydrogens is 152 g/mol. The lowest BCUT2D eigenvalue weighted by molar-refractivity contribution is -0.312. The average Bonchev–Trinajstić information content (AvgIpc) is 1.95. The average molecular weight is 164 g/mol. The Labute approximate surface area is 63.8 Å². The molecule has 1 heterocycles. The zero-order valence-corrected chi connectivity index (χ0v) is 6.14. The topological polar surface area (TPSA) is 90.2 Å². The van der Waals surface area contributed by atoms with Gasteiger partial charge in [-0.2, -0.15) is 0 Å². The molecule has 5 nitrogen and oxygen atoms in total. The minimum Gasteiger partial charge on any atom is -0.388 e. The largest absolute Gasteiger partial charge is 0.388 e. The normalized spacial score (nSPS) is 52.6. The molecule has 0 aromatic carbocycles. The van der Waals surface area contributed by atoms with Gasteiger partial charge in [0.15, 0.2) is 5.79 Å². The van der Waals surface area contributed by atoms with E-state index in [0.29, 0.717) is 0 Å². The maximum absolute atomic E-state index is 9.19. The van der Waals surface area contributed by atoms with Crippen LogP contribution in [0.2, 0.25) is 0 Å². The third-order valence-corrected chi connectivity index (χ3v) is 1.81. The lowest BCUT2D eigenvalue weighted by atomic mass is 9.98. The van der Waals surface area contributed by atoms with Crippen LogP contribution in [0, 0.1) is 0 Å². The first-order chi connectivity index (χ1) is 4.95. The molecule has 0 saturated carbocycles. The van der Waals surface area contributed by atoms with E-state index in [4.69, 9.17) is 15.3 Å². The van der Waals surface area contributed by atoms with E-state index in [1.54, 1.807) is 0 Å². The monoisotopic (exact) mass is 164 g/mol. The molecule has 0 spiro atoms. The van der Waals surface area contributed by atoms with E-state index in [-0.39, 0.29) is 6.61 Å². The van der Waals surface area contributed by atoms with Gasteiger partial charge in [0.2, 0.25) is 0 Å². The second-order valence-corrected chi connectivity index (χ2v) is 2.87. The Bertz CT molecular complexity index is 146. The van der Waals surface area contributed by atoms with E-state index >= 15 is 0 Å². The third kappa shape index (κ3) is 1.52. The molecule has 66 valence electrons. The summed E-state index contributed by atoms with van der Waals surface area (Å²) in [5, 5.41) is 36.3. The molecule has 1 rings (SSSR count). The lowest BCUT2D eigenvalue weighted by Gasteiger charge is -2.39. The number of aliphatic hydroxyl groups excluding tert-OH is 3. The summed E-state index contributed by atoms with van der Waals surface area (Å²) in [6.45, 7) is 1.05. The maximum atomic E-state index is 9.19. The molecule has 1 aliphatic heterocycles. The Morgan fingerprint density at radius 1 is 1.36 bits per heavy atom. The molecule has 4 atom stereocenters. The van der Waals surface area contributed by atoms with Crippen molar-refractivity contribution < 1.29 is 25.2 Å². The van der Waals surface area contributed by atoms with Crippen LogP contribution in [0.25, 0.3) is 0 Å². The molecule has 5 heteroatoms. The first-order valence-corrected chi connectivity index (χ1v) is 3.35. The summed E-state index contributed by atoms with van der Waals surface area (Å²) >= 11 is 0. The molecule has 11 heavy (non-hydrogen) atoms. The van der Waals surface area contributed by atoms with Crippen molar-refractivity contribution in [2.75, 3.05) is 6.61 Å². The summed E-state index contributed by atoms with van der Waals surface area (Å²) in [4.78, 5) is 0. The van der Waals surface area contributed by atoms with E-state index in [1.165, 1.54) is 6.92 Å². The minimum absolute atomic E-state index is 0.175. The number of ether oxygens (including phenoxy) is 1. The highest BCUT2D eigenvalue weighted by Crippen LogP contribution is 2.22. The van der Waals surface area contributed by atoms with Crippen LogP contribution >= 0.6 is 0 Å². The molecular formula is C6H12O5. The number of aliphatic hydroxyl groups is 4.